The Morgan fingerprint density at radius 2 is 1.75 bits per heavy atom. The average molecular weight is 495 g/mol. The van der Waals surface area contributed by atoms with Gasteiger partial charge in [-0.3, -0.25) is 19.3 Å². The largest absolute Gasteiger partial charge is 0.352 e. The number of para-hydroxylation sites is 1. The van der Waals surface area contributed by atoms with Crippen molar-refractivity contribution in [3.05, 3.63) is 81.1 Å². The Morgan fingerprint density at radius 1 is 1.03 bits per heavy atom. The van der Waals surface area contributed by atoms with Crippen LogP contribution in [0, 0.1) is 13.8 Å². The summed E-state index contributed by atoms with van der Waals surface area (Å²) in [4.78, 5) is 38.6. The molecule has 2 heterocycles. The molecule has 0 spiro atoms. The van der Waals surface area contributed by atoms with Gasteiger partial charge in [-0.15, -0.1) is 0 Å². The summed E-state index contributed by atoms with van der Waals surface area (Å²) in [6.45, 7) is 4.50. The summed E-state index contributed by atoms with van der Waals surface area (Å²) in [5.41, 5.74) is 4.60. The Hall–Kier alpha value is -3.26. The summed E-state index contributed by atoms with van der Waals surface area (Å²) in [6, 6.07) is 14.9. The van der Waals surface area contributed by atoms with Crippen molar-refractivity contribution in [3.8, 4) is 5.69 Å². The number of halogens is 1. The van der Waals surface area contributed by atoms with Crippen molar-refractivity contribution in [2.75, 3.05) is 6.54 Å². The Bertz CT molecular complexity index is 1200. The van der Waals surface area contributed by atoms with Crippen molar-refractivity contribution < 1.29 is 14.4 Å². The van der Waals surface area contributed by atoms with E-state index in [0.29, 0.717) is 24.1 Å². The molecule has 1 aromatic heterocycles. The number of fused-ring (bicyclic) bond motifs is 1. The van der Waals surface area contributed by atoms with Crippen LogP contribution in [-0.4, -0.2) is 38.9 Å². The lowest BCUT2D eigenvalue weighted by atomic mass is 10.1. The van der Waals surface area contributed by atoms with Crippen molar-refractivity contribution >= 4 is 33.7 Å². The molecule has 32 heavy (non-hydrogen) atoms. The molecule has 0 aliphatic carbocycles. The third kappa shape index (κ3) is 4.23. The van der Waals surface area contributed by atoms with Gasteiger partial charge in [0.2, 0.25) is 5.91 Å². The van der Waals surface area contributed by atoms with Crippen LogP contribution in [0.1, 0.15) is 50.5 Å². The van der Waals surface area contributed by atoms with Gasteiger partial charge in [-0.05, 0) is 50.6 Å². The number of hydrogen-bond donors (Lipinski definition) is 1. The summed E-state index contributed by atoms with van der Waals surface area (Å²) >= 11 is 3.32. The molecule has 8 heteroatoms. The fraction of sp³-hybridized carbons (Fsp3) is 0.250. The SMILES string of the molecule is Cc1nn(-c2ccccc2)c(C)c1CNC(=O)CCCN1C(=O)c2ccc(Br)cc2C1=O. The highest BCUT2D eigenvalue weighted by Gasteiger charge is 2.35. The highest BCUT2D eigenvalue weighted by Crippen LogP contribution is 2.26. The van der Waals surface area contributed by atoms with Gasteiger partial charge in [0.05, 0.1) is 22.5 Å². The number of imide groups is 1. The molecule has 7 nitrogen and oxygen atoms in total. The Labute approximate surface area is 194 Å². The zero-order chi connectivity index (χ0) is 22.8. The van der Waals surface area contributed by atoms with Gasteiger partial charge in [0, 0.05) is 35.2 Å². The molecule has 4 rings (SSSR count). The predicted molar refractivity (Wildman–Crippen MR) is 124 cm³/mol. The van der Waals surface area contributed by atoms with E-state index in [0.717, 1.165) is 27.1 Å². The van der Waals surface area contributed by atoms with Crippen LogP contribution in [0.3, 0.4) is 0 Å². The molecule has 1 aliphatic heterocycles. The standard InChI is InChI=1S/C24H23BrN4O3/c1-15-21(16(2)29(27-15)18-7-4-3-5-8-18)14-26-22(30)9-6-12-28-23(31)19-11-10-17(25)13-20(19)24(28)32/h3-5,7-8,10-11,13H,6,9,12,14H2,1-2H3,(H,26,30). The molecule has 164 valence electrons. The number of rotatable bonds is 7. The zero-order valence-electron chi connectivity index (χ0n) is 17.9. The highest BCUT2D eigenvalue weighted by atomic mass is 79.9. The van der Waals surface area contributed by atoms with Crippen molar-refractivity contribution in [1.82, 2.24) is 20.0 Å². The van der Waals surface area contributed by atoms with Crippen molar-refractivity contribution in [3.63, 3.8) is 0 Å². The summed E-state index contributed by atoms with van der Waals surface area (Å²) in [5.74, 6) is -0.751. The van der Waals surface area contributed by atoms with Gasteiger partial charge in [-0.2, -0.15) is 5.10 Å². The first kappa shape index (κ1) is 22.0. The minimum absolute atomic E-state index is 0.129. The Balaban J connectivity index is 1.31. The third-order valence-corrected chi connectivity index (χ3v) is 6.12. The van der Waals surface area contributed by atoms with Gasteiger partial charge >= 0.3 is 0 Å². The number of amides is 3. The number of benzene rings is 2. The molecule has 2 aromatic carbocycles. The van der Waals surface area contributed by atoms with Crippen LogP contribution in [0.15, 0.2) is 53.0 Å². The number of hydrogen-bond acceptors (Lipinski definition) is 4. The van der Waals surface area contributed by atoms with Crippen LogP contribution in [0.4, 0.5) is 0 Å². The van der Waals surface area contributed by atoms with E-state index in [2.05, 4.69) is 26.3 Å². The van der Waals surface area contributed by atoms with Crippen LogP contribution in [-0.2, 0) is 11.3 Å². The van der Waals surface area contributed by atoms with E-state index in [4.69, 9.17) is 0 Å². The second-order valence-corrected chi connectivity index (χ2v) is 8.64. The Kier molecular flexibility index (Phi) is 6.23. The van der Waals surface area contributed by atoms with Crippen molar-refractivity contribution in [2.24, 2.45) is 0 Å². The van der Waals surface area contributed by atoms with Crippen LogP contribution >= 0.6 is 15.9 Å². The second-order valence-electron chi connectivity index (χ2n) is 7.73. The molecular formula is C24H23BrN4O3. The van der Waals surface area contributed by atoms with Gasteiger partial charge in [-0.1, -0.05) is 34.1 Å². The molecule has 0 saturated heterocycles. The molecule has 0 atom stereocenters. The maximum absolute atomic E-state index is 12.5. The molecule has 1 aliphatic rings. The normalized spacial score (nSPS) is 12.9. The minimum Gasteiger partial charge on any atom is -0.352 e. The predicted octanol–water partition coefficient (Wildman–Crippen LogP) is 3.94. The van der Waals surface area contributed by atoms with Crippen LogP contribution in [0.2, 0.25) is 0 Å². The first-order valence-electron chi connectivity index (χ1n) is 10.4. The summed E-state index contributed by atoms with van der Waals surface area (Å²) in [6.07, 6.45) is 0.627. The van der Waals surface area contributed by atoms with Crippen LogP contribution in [0.25, 0.3) is 5.69 Å². The third-order valence-electron chi connectivity index (χ3n) is 5.62. The molecule has 1 N–H and O–H groups in total. The summed E-state index contributed by atoms with van der Waals surface area (Å²) < 4.78 is 2.62. The van der Waals surface area contributed by atoms with E-state index in [1.807, 2.05) is 48.9 Å². The monoisotopic (exact) mass is 494 g/mol. The lowest BCUT2D eigenvalue weighted by molar-refractivity contribution is -0.121. The molecule has 0 radical (unpaired) electrons. The topological polar surface area (TPSA) is 84.3 Å². The van der Waals surface area contributed by atoms with Gasteiger partial charge < -0.3 is 5.32 Å². The van der Waals surface area contributed by atoms with E-state index in [1.165, 1.54) is 4.90 Å². The fourth-order valence-corrected chi connectivity index (χ4v) is 4.25. The quantitative estimate of drug-likeness (QED) is 0.504. The van der Waals surface area contributed by atoms with Crippen LogP contribution < -0.4 is 5.32 Å². The van der Waals surface area contributed by atoms with Crippen molar-refractivity contribution in [2.45, 2.75) is 33.2 Å². The lowest BCUT2D eigenvalue weighted by Gasteiger charge is -2.13. The molecule has 0 bridgehead atoms. The van der Waals surface area contributed by atoms with E-state index in [1.54, 1.807) is 18.2 Å². The molecule has 3 amide bonds. The molecule has 0 saturated carbocycles. The lowest BCUT2D eigenvalue weighted by Crippen LogP contribution is -2.32. The first-order valence-corrected chi connectivity index (χ1v) is 11.2. The first-order chi connectivity index (χ1) is 15.4. The molecule has 0 unspecified atom stereocenters. The van der Waals surface area contributed by atoms with Gasteiger partial charge in [-0.25, -0.2) is 4.68 Å². The van der Waals surface area contributed by atoms with E-state index in [9.17, 15) is 14.4 Å². The smallest absolute Gasteiger partial charge is 0.261 e. The van der Waals surface area contributed by atoms with Gasteiger partial charge in [0.15, 0.2) is 0 Å². The maximum Gasteiger partial charge on any atom is 0.261 e. The van der Waals surface area contributed by atoms with Crippen LogP contribution in [0.5, 0.6) is 0 Å². The molecule has 3 aromatic rings. The molecular weight excluding hydrogens is 472 g/mol. The second kappa shape index (κ2) is 9.08. The zero-order valence-corrected chi connectivity index (χ0v) is 19.5. The Morgan fingerprint density at radius 3 is 2.50 bits per heavy atom. The fourth-order valence-electron chi connectivity index (χ4n) is 3.89. The number of nitrogens with one attached hydrogen (secondary N) is 1. The van der Waals surface area contributed by atoms with Crippen molar-refractivity contribution in [1.29, 1.82) is 0 Å². The average Bonchev–Trinajstić information content (AvgIpc) is 3.20. The molecule has 0 fully saturated rings. The van der Waals surface area contributed by atoms with Gasteiger partial charge in [0.1, 0.15) is 0 Å². The number of carbonyl (C=O) groups excluding carboxylic acids is 3. The van der Waals surface area contributed by atoms with Gasteiger partial charge in [0.25, 0.3) is 11.8 Å². The van der Waals surface area contributed by atoms with E-state index in [-0.39, 0.29) is 30.7 Å². The van der Waals surface area contributed by atoms with E-state index >= 15 is 0 Å². The summed E-state index contributed by atoms with van der Waals surface area (Å²) in [5, 5.41) is 7.53. The number of nitrogens with zero attached hydrogens (tertiary/aromatic N) is 3. The highest BCUT2D eigenvalue weighted by molar-refractivity contribution is 9.10. The number of aromatic nitrogens is 2. The number of aryl methyl sites for hydroxylation is 1. The van der Waals surface area contributed by atoms with E-state index < -0.39 is 0 Å². The summed E-state index contributed by atoms with van der Waals surface area (Å²) in [7, 11) is 0. The number of carbonyl (C=O) groups is 3. The maximum atomic E-state index is 12.5. The minimum atomic E-state index is -0.314.